The fourth-order valence-electron chi connectivity index (χ4n) is 2.58. The Balaban J connectivity index is 1.60. The monoisotopic (exact) mass is 370 g/mol. The molecule has 0 aliphatic carbocycles. The Kier molecular flexibility index (Phi) is 6.23. The largest absolute Gasteiger partial charge is 0.351 e. The van der Waals surface area contributed by atoms with Crippen LogP contribution in [0.2, 0.25) is 5.02 Å². The summed E-state index contributed by atoms with van der Waals surface area (Å²) in [5.74, 6) is -0.0580. The number of amides is 1. The number of halogens is 1. The Morgan fingerprint density at radius 1 is 1.00 bits per heavy atom. The molecule has 128 valence electrons. The molecule has 0 saturated carbocycles. The minimum atomic E-state index is -0.0580. The minimum Gasteiger partial charge on any atom is -0.351 e. The molecule has 0 unspecified atom stereocenters. The van der Waals surface area contributed by atoms with E-state index in [4.69, 9.17) is 11.6 Å². The van der Waals surface area contributed by atoms with Crippen LogP contribution in [0.4, 0.5) is 0 Å². The second-order valence-electron chi connectivity index (χ2n) is 5.61. The first-order valence-electron chi connectivity index (χ1n) is 8.06. The predicted octanol–water partition coefficient (Wildman–Crippen LogP) is 4.40. The van der Waals surface area contributed by atoms with E-state index in [1.54, 1.807) is 11.3 Å². The van der Waals surface area contributed by atoms with Gasteiger partial charge in [-0.25, -0.2) is 0 Å². The van der Waals surface area contributed by atoms with Gasteiger partial charge in [0, 0.05) is 16.4 Å². The van der Waals surface area contributed by atoms with Crippen LogP contribution in [-0.4, -0.2) is 12.5 Å². The Hall–Kier alpha value is -2.14. The minimum absolute atomic E-state index is 0.00673. The molecule has 3 aromatic rings. The van der Waals surface area contributed by atoms with Gasteiger partial charge in [0.05, 0.1) is 12.6 Å². The summed E-state index contributed by atoms with van der Waals surface area (Å²) < 4.78 is 0. The first-order valence-corrected chi connectivity index (χ1v) is 9.31. The topological polar surface area (TPSA) is 41.1 Å². The highest BCUT2D eigenvalue weighted by molar-refractivity contribution is 7.10. The van der Waals surface area contributed by atoms with Crippen molar-refractivity contribution in [3.05, 3.63) is 93.1 Å². The van der Waals surface area contributed by atoms with Gasteiger partial charge >= 0.3 is 0 Å². The zero-order valence-electron chi connectivity index (χ0n) is 13.6. The lowest BCUT2D eigenvalue weighted by molar-refractivity contribution is -0.120. The Bertz CT molecular complexity index is 806. The van der Waals surface area contributed by atoms with Crippen LogP contribution in [0.3, 0.4) is 0 Å². The summed E-state index contributed by atoms with van der Waals surface area (Å²) in [5, 5.41) is 8.97. The van der Waals surface area contributed by atoms with Crippen LogP contribution >= 0.6 is 22.9 Å². The van der Waals surface area contributed by atoms with Gasteiger partial charge < -0.3 is 5.32 Å². The number of benzene rings is 2. The first kappa shape index (κ1) is 17.7. The van der Waals surface area contributed by atoms with E-state index in [9.17, 15) is 4.79 Å². The van der Waals surface area contributed by atoms with Crippen molar-refractivity contribution < 1.29 is 4.79 Å². The molecular formula is C20H19ClN2OS. The second-order valence-corrected chi connectivity index (χ2v) is 6.99. The second kappa shape index (κ2) is 8.81. The summed E-state index contributed by atoms with van der Waals surface area (Å²) in [5.41, 5.74) is 2.05. The lowest BCUT2D eigenvalue weighted by Gasteiger charge is -2.18. The van der Waals surface area contributed by atoms with Crippen LogP contribution in [-0.2, 0) is 11.3 Å². The lowest BCUT2D eigenvalue weighted by Crippen LogP contribution is -2.35. The average Bonchev–Trinajstić information content (AvgIpc) is 3.16. The van der Waals surface area contributed by atoms with Crippen LogP contribution in [0.1, 0.15) is 22.0 Å². The molecule has 0 spiro atoms. The molecule has 5 heteroatoms. The lowest BCUT2D eigenvalue weighted by atomic mass is 10.1. The summed E-state index contributed by atoms with van der Waals surface area (Å²) in [6.07, 6.45) is 0. The van der Waals surface area contributed by atoms with Gasteiger partial charge in [-0.1, -0.05) is 66.2 Å². The van der Waals surface area contributed by atoms with E-state index in [2.05, 4.69) is 28.8 Å². The van der Waals surface area contributed by atoms with Crippen molar-refractivity contribution in [2.75, 3.05) is 6.54 Å². The Labute approximate surface area is 156 Å². The van der Waals surface area contributed by atoms with Crippen molar-refractivity contribution in [3.8, 4) is 0 Å². The molecule has 3 rings (SSSR count). The molecule has 0 aliphatic heterocycles. The summed E-state index contributed by atoms with van der Waals surface area (Å²) in [4.78, 5) is 13.4. The number of carbonyl (C=O) groups excluding carboxylic acids is 1. The van der Waals surface area contributed by atoms with Crippen molar-refractivity contribution in [1.82, 2.24) is 10.6 Å². The maximum atomic E-state index is 12.2. The third-order valence-electron chi connectivity index (χ3n) is 3.86. The van der Waals surface area contributed by atoms with E-state index in [1.165, 1.54) is 4.88 Å². The third kappa shape index (κ3) is 4.92. The molecule has 1 atom stereocenters. The standard InChI is InChI=1S/C20H19ClN2OS/c21-17-10-5-4-9-16(17)13-22-19(24)14-23-20(18-11-6-12-25-18)15-7-2-1-3-8-15/h1-12,20,23H,13-14H2,(H,22,24)/t20-/m1/s1. The number of hydrogen-bond acceptors (Lipinski definition) is 3. The molecule has 0 aliphatic rings. The molecule has 1 aromatic heterocycles. The van der Waals surface area contributed by atoms with Gasteiger partial charge in [0.1, 0.15) is 0 Å². The summed E-state index contributed by atoms with van der Waals surface area (Å²) in [7, 11) is 0. The maximum absolute atomic E-state index is 12.2. The van der Waals surface area contributed by atoms with Gasteiger partial charge in [-0.05, 0) is 28.6 Å². The van der Waals surface area contributed by atoms with Crippen LogP contribution < -0.4 is 10.6 Å². The smallest absolute Gasteiger partial charge is 0.234 e. The average molecular weight is 371 g/mol. The van der Waals surface area contributed by atoms with Crippen molar-refractivity contribution in [2.45, 2.75) is 12.6 Å². The normalized spacial score (nSPS) is 11.9. The van der Waals surface area contributed by atoms with E-state index in [-0.39, 0.29) is 18.5 Å². The highest BCUT2D eigenvalue weighted by Gasteiger charge is 2.15. The summed E-state index contributed by atoms with van der Waals surface area (Å²) >= 11 is 7.80. The molecule has 0 bridgehead atoms. The zero-order valence-corrected chi connectivity index (χ0v) is 15.2. The number of rotatable bonds is 7. The fraction of sp³-hybridized carbons (Fsp3) is 0.150. The molecule has 2 aromatic carbocycles. The van der Waals surface area contributed by atoms with Crippen molar-refractivity contribution in [2.24, 2.45) is 0 Å². The molecule has 3 nitrogen and oxygen atoms in total. The quantitative estimate of drug-likeness (QED) is 0.647. The van der Waals surface area contributed by atoms with E-state index < -0.39 is 0 Å². The maximum Gasteiger partial charge on any atom is 0.234 e. The summed E-state index contributed by atoms with van der Waals surface area (Å²) in [6.45, 7) is 0.664. The molecular weight excluding hydrogens is 352 g/mol. The van der Waals surface area contributed by atoms with Gasteiger partial charge in [-0.15, -0.1) is 11.3 Å². The summed E-state index contributed by atoms with van der Waals surface area (Å²) in [6, 6.07) is 21.8. The van der Waals surface area contributed by atoms with Crippen molar-refractivity contribution in [3.63, 3.8) is 0 Å². The van der Waals surface area contributed by atoms with E-state index in [0.717, 1.165) is 11.1 Å². The highest BCUT2D eigenvalue weighted by atomic mass is 35.5. The molecule has 0 radical (unpaired) electrons. The molecule has 1 heterocycles. The zero-order chi connectivity index (χ0) is 17.5. The number of hydrogen-bond donors (Lipinski definition) is 2. The number of carbonyl (C=O) groups is 1. The molecule has 2 N–H and O–H groups in total. The molecule has 0 fully saturated rings. The SMILES string of the molecule is O=C(CN[C@H](c1ccccc1)c1cccs1)NCc1ccccc1Cl. The molecule has 1 amide bonds. The van der Waals surface area contributed by atoms with E-state index in [0.29, 0.717) is 11.6 Å². The fourth-order valence-corrected chi connectivity index (χ4v) is 3.61. The van der Waals surface area contributed by atoms with Gasteiger partial charge in [-0.3, -0.25) is 10.1 Å². The Morgan fingerprint density at radius 2 is 1.76 bits per heavy atom. The Morgan fingerprint density at radius 3 is 2.48 bits per heavy atom. The first-order chi connectivity index (χ1) is 12.2. The van der Waals surface area contributed by atoms with Crippen molar-refractivity contribution >= 4 is 28.8 Å². The highest BCUT2D eigenvalue weighted by Crippen LogP contribution is 2.25. The van der Waals surface area contributed by atoms with E-state index in [1.807, 2.05) is 53.9 Å². The molecule has 0 saturated heterocycles. The molecule has 25 heavy (non-hydrogen) atoms. The van der Waals surface area contributed by atoms with Gasteiger partial charge in [-0.2, -0.15) is 0 Å². The van der Waals surface area contributed by atoms with Crippen LogP contribution in [0.15, 0.2) is 72.1 Å². The van der Waals surface area contributed by atoms with Crippen LogP contribution in [0.5, 0.6) is 0 Å². The van der Waals surface area contributed by atoms with E-state index >= 15 is 0 Å². The van der Waals surface area contributed by atoms with Crippen molar-refractivity contribution in [1.29, 1.82) is 0 Å². The van der Waals surface area contributed by atoms with Gasteiger partial charge in [0.15, 0.2) is 0 Å². The predicted molar refractivity (Wildman–Crippen MR) is 104 cm³/mol. The third-order valence-corrected chi connectivity index (χ3v) is 5.17. The van der Waals surface area contributed by atoms with Gasteiger partial charge in [0.2, 0.25) is 5.91 Å². The van der Waals surface area contributed by atoms with Crippen LogP contribution in [0.25, 0.3) is 0 Å². The van der Waals surface area contributed by atoms with Gasteiger partial charge in [0.25, 0.3) is 0 Å². The number of nitrogens with one attached hydrogen (secondary N) is 2. The number of thiophene rings is 1. The van der Waals surface area contributed by atoms with Crippen LogP contribution in [0, 0.1) is 0 Å².